The first-order chi connectivity index (χ1) is 7.77. The van der Waals surface area contributed by atoms with E-state index in [1.54, 1.807) is 12.3 Å². The molecule has 0 saturated carbocycles. The second-order valence-corrected chi connectivity index (χ2v) is 3.81. The van der Waals surface area contributed by atoms with Crippen LogP contribution in [0, 0.1) is 0 Å². The Labute approximate surface area is 92.0 Å². The minimum Gasteiger partial charge on any atom is -0.491 e. The van der Waals surface area contributed by atoms with Gasteiger partial charge in [-0.05, 0) is 12.2 Å². The molecule has 4 heteroatoms. The summed E-state index contributed by atoms with van der Waals surface area (Å²) < 4.78 is 5.45. The number of allylic oxidation sites excluding steroid dienone is 5. The highest BCUT2D eigenvalue weighted by atomic mass is 16.5. The molecule has 0 aromatic heterocycles. The van der Waals surface area contributed by atoms with Crippen LogP contribution in [0.3, 0.4) is 0 Å². The van der Waals surface area contributed by atoms with Crippen LogP contribution in [-0.2, 0) is 14.3 Å². The number of carbonyl (C=O) groups is 2. The molecule has 2 aliphatic carbocycles. The molecule has 0 aromatic rings. The molecular weight excluding hydrogens is 206 g/mol. The molecule has 4 nitrogen and oxygen atoms in total. The maximum Gasteiger partial charge on any atom is 0.232 e. The molecule has 1 heterocycles. The van der Waals surface area contributed by atoms with Crippen LogP contribution in [0.25, 0.3) is 0 Å². The van der Waals surface area contributed by atoms with Gasteiger partial charge in [-0.2, -0.15) is 0 Å². The van der Waals surface area contributed by atoms with E-state index in [1.165, 1.54) is 0 Å². The first-order valence-corrected chi connectivity index (χ1v) is 5.16. The van der Waals surface area contributed by atoms with Gasteiger partial charge in [0.2, 0.25) is 11.6 Å². The second kappa shape index (κ2) is 3.27. The second-order valence-electron chi connectivity index (χ2n) is 3.81. The van der Waals surface area contributed by atoms with Crippen LogP contribution < -0.4 is 0 Å². The quantitative estimate of drug-likeness (QED) is 0.568. The smallest absolute Gasteiger partial charge is 0.232 e. The molecule has 1 aliphatic heterocycles. The predicted octanol–water partition coefficient (Wildman–Crippen LogP) is 1.10. The van der Waals surface area contributed by atoms with Crippen molar-refractivity contribution >= 4 is 17.8 Å². The van der Waals surface area contributed by atoms with Gasteiger partial charge in [0.25, 0.3) is 0 Å². The monoisotopic (exact) mass is 215 g/mol. The number of hydrogen-bond acceptors (Lipinski definition) is 4. The Kier molecular flexibility index (Phi) is 1.89. The van der Waals surface area contributed by atoms with Crippen molar-refractivity contribution in [3.63, 3.8) is 0 Å². The highest BCUT2D eigenvalue weighted by molar-refractivity contribution is 6.45. The third-order valence-electron chi connectivity index (χ3n) is 2.85. The Hall–Kier alpha value is -1.97. The minimum atomic E-state index is -0.435. The molecule has 0 unspecified atom stereocenters. The van der Waals surface area contributed by atoms with Crippen molar-refractivity contribution in [2.45, 2.75) is 12.8 Å². The number of aliphatic imine (C=N–C) groups is 1. The van der Waals surface area contributed by atoms with Crippen molar-refractivity contribution in [3.05, 3.63) is 34.8 Å². The molecule has 0 atom stereocenters. The Morgan fingerprint density at radius 1 is 1.19 bits per heavy atom. The normalized spacial score (nSPS) is 23.2. The minimum absolute atomic E-state index is 0.251. The lowest BCUT2D eigenvalue weighted by Crippen LogP contribution is -2.26. The van der Waals surface area contributed by atoms with Gasteiger partial charge in [-0.25, -0.2) is 0 Å². The van der Waals surface area contributed by atoms with Crippen LogP contribution in [0.5, 0.6) is 0 Å². The highest BCUT2D eigenvalue weighted by Gasteiger charge is 2.33. The molecule has 0 saturated heterocycles. The van der Waals surface area contributed by atoms with E-state index in [0.29, 0.717) is 24.4 Å². The van der Waals surface area contributed by atoms with Crippen LogP contribution >= 0.6 is 0 Å². The van der Waals surface area contributed by atoms with Gasteiger partial charge in [-0.1, -0.05) is 0 Å². The first-order valence-electron chi connectivity index (χ1n) is 5.16. The van der Waals surface area contributed by atoms with Crippen molar-refractivity contribution in [3.8, 4) is 0 Å². The molecule has 0 fully saturated rings. The summed E-state index contributed by atoms with van der Waals surface area (Å²) in [6, 6.07) is 0. The summed E-state index contributed by atoms with van der Waals surface area (Å²) in [5, 5.41) is 0. The molecule has 3 aliphatic rings. The number of nitrogens with zero attached hydrogens (tertiary/aromatic N) is 1. The molecule has 0 spiro atoms. The van der Waals surface area contributed by atoms with Gasteiger partial charge in [0, 0.05) is 24.6 Å². The molecule has 80 valence electrons. The van der Waals surface area contributed by atoms with Crippen molar-refractivity contribution in [2.24, 2.45) is 4.99 Å². The molecule has 0 radical (unpaired) electrons. The van der Waals surface area contributed by atoms with Gasteiger partial charge in [0.15, 0.2) is 0 Å². The standard InChI is InChI=1S/C12H9NO3/c14-9-3-4-10-11(12(9)15)7-1-2-8(7)13-5-6-16-10/h1-2,5H,3-4,6H2. The van der Waals surface area contributed by atoms with Gasteiger partial charge in [-0.3, -0.25) is 14.6 Å². The summed E-state index contributed by atoms with van der Waals surface area (Å²) >= 11 is 0. The zero-order chi connectivity index (χ0) is 11.1. The van der Waals surface area contributed by atoms with E-state index in [2.05, 4.69) is 4.99 Å². The van der Waals surface area contributed by atoms with Crippen LogP contribution in [0.4, 0.5) is 0 Å². The summed E-state index contributed by atoms with van der Waals surface area (Å²) in [6.45, 7) is 0.352. The number of Topliss-reactive ketones (excluding diaryl/α,β-unsaturated/α-hetero) is 2. The van der Waals surface area contributed by atoms with Crippen LogP contribution in [0.2, 0.25) is 0 Å². The summed E-state index contributed by atoms with van der Waals surface area (Å²) in [7, 11) is 0. The highest BCUT2D eigenvalue weighted by Crippen LogP contribution is 2.34. The lowest BCUT2D eigenvalue weighted by molar-refractivity contribution is -0.135. The molecule has 0 bridgehead atoms. The van der Waals surface area contributed by atoms with Gasteiger partial charge < -0.3 is 4.74 Å². The van der Waals surface area contributed by atoms with Crippen molar-refractivity contribution in [1.82, 2.24) is 0 Å². The zero-order valence-electron chi connectivity index (χ0n) is 8.53. The summed E-state index contributed by atoms with van der Waals surface area (Å²) in [6.07, 6.45) is 6.06. The lowest BCUT2D eigenvalue weighted by Gasteiger charge is -2.24. The van der Waals surface area contributed by atoms with Crippen LogP contribution in [0.1, 0.15) is 12.8 Å². The number of carbonyl (C=O) groups excluding carboxylic acids is 2. The topological polar surface area (TPSA) is 55.7 Å². The van der Waals surface area contributed by atoms with Crippen LogP contribution in [0.15, 0.2) is 39.7 Å². The predicted molar refractivity (Wildman–Crippen MR) is 56.9 cm³/mol. The van der Waals surface area contributed by atoms with E-state index >= 15 is 0 Å². The molecule has 0 aromatic carbocycles. The third kappa shape index (κ3) is 1.19. The van der Waals surface area contributed by atoms with E-state index in [9.17, 15) is 9.59 Å². The van der Waals surface area contributed by atoms with Gasteiger partial charge in [-0.15, -0.1) is 0 Å². The van der Waals surface area contributed by atoms with E-state index in [4.69, 9.17) is 4.74 Å². The maximum absolute atomic E-state index is 11.8. The number of hydrogen-bond donors (Lipinski definition) is 0. The van der Waals surface area contributed by atoms with Gasteiger partial charge >= 0.3 is 0 Å². The molecule has 0 amide bonds. The van der Waals surface area contributed by atoms with Gasteiger partial charge in [0.05, 0.1) is 11.3 Å². The number of fused-ring (bicyclic) bond motifs is 1. The van der Waals surface area contributed by atoms with Gasteiger partial charge in [0.1, 0.15) is 12.4 Å². The average molecular weight is 215 g/mol. The van der Waals surface area contributed by atoms with E-state index in [1.807, 2.05) is 6.08 Å². The fourth-order valence-corrected chi connectivity index (χ4v) is 1.99. The number of rotatable bonds is 0. The number of ether oxygens (including phenoxy) is 1. The zero-order valence-corrected chi connectivity index (χ0v) is 8.53. The Morgan fingerprint density at radius 2 is 2.06 bits per heavy atom. The summed E-state index contributed by atoms with van der Waals surface area (Å²) in [4.78, 5) is 27.4. The van der Waals surface area contributed by atoms with Crippen LogP contribution in [-0.4, -0.2) is 24.4 Å². The van der Waals surface area contributed by atoms with Crippen molar-refractivity contribution in [1.29, 1.82) is 0 Å². The SMILES string of the molecule is O=C1CCC2=C(C1=O)C1=C(C=C1)N=CCO2. The first kappa shape index (κ1) is 9.27. The largest absolute Gasteiger partial charge is 0.491 e. The summed E-state index contributed by atoms with van der Waals surface area (Å²) in [5.74, 6) is -0.137. The average Bonchev–Trinajstić information content (AvgIpc) is 2.23. The fourth-order valence-electron chi connectivity index (χ4n) is 1.99. The molecule has 16 heavy (non-hydrogen) atoms. The molecule has 0 N–H and O–H groups in total. The lowest BCUT2D eigenvalue weighted by atomic mass is 9.85. The van der Waals surface area contributed by atoms with Crippen molar-refractivity contribution < 1.29 is 14.3 Å². The third-order valence-corrected chi connectivity index (χ3v) is 2.85. The Morgan fingerprint density at radius 3 is 2.81 bits per heavy atom. The fraction of sp³-hybridized carbons (Fsp3) is 0.250. The van der Waals surface area contributed by atoms with E-state index in [-0.39, 0.29) is 12.2 Å². The number of ketones is 2. The molecular formula is C12H9NO3. The van der Waals surface area contributed by atoms with Crippen molar-refractivity contribution in [2.75, 3.05) is 6.61 Å². The van der Waals surface area contributed by atoms with E-state index < -0.39 is 5.78 Å². The molecule has 3 rings (SSSR count). The Bertz CT molecular complexity index is 520. The maximum atomic E-state index is 11.8. The van der Waals surface area contributed by atoms with E-state index in [0.717, 1.165) is 11.3 Å². The Balaban J connectivity index is 2.14. The summed E-state index contributed by atoms with van der Waals surface area (Å²) in [5.41, 5.74) is 1.92.